The number of imidazole rings is 1. The fraction of sp³-hybridized carbons (Fsp3) is 0.333. The van der Waals surface area contributed by atoms with E-state index in [1.54, 1.807) is 6.20 Å². The Morgan fingerprint density at radius 1 is 0.955 bits per heavy atom. The van der Waals surface area contributed by atoms with Gasteiger partial charge in [0.2, 0.25) is 0 Å². The Bertz CT molecular complexity index is 1790. The number of hydrogen-bond donors (Lipinski definition) is 1. The van der Waals surface area contributed by atoms with Gasteiger partial charge in [-0.15, -0.1) is 0 Å². The summed E-state index contributed by atoms with van der Waals surface area (Å²) in [6.07, 6.45) is 5.82. The molecule has 0 spiro atoms. The molecule has 2 N–H and O–H groups in total. The van der Waals surface area contributed by atoms with Gasteiger partial charge in [0.25, 0.3) is 0 Å². The summed E-state index contributed by atoms with van der Waals surface area (Å²) in [6, 6.07) is 25.1. The smallest absolute Gasteiger partial charge is 0.308 e. The van der Waals surface area contributed by atoms with Crippen molar-refractivity contribution >= 4 is 23.0 Å². The molecule has 0 atom stereocenters. The highest BCUT2D eigenvalue weighted by Crippen LogP contribution is 2.36. The minimum absolute atomic E-state index is 0.0434. The summed E-state index contributed by atoms with van der Waals surface area (Å²) in [5, 5.41) is 0. The summed E-state index contributed by atoms with van der Waals surface area (Å²) >= 11 is 0. The zero-order valence-corrected chi connectivity index (χ0v) is 25.3. The summed E-state index contributed by atoms with van der Waals surface area (Å²) in [6.45, 7) is 5.34. The number of aromatic nitrogens is 4. The van der Waals surface area contributed by atoms with E-state index in [0.29, 0.717) is 17.7 Å². The zero-order valence-electron chi connectivity index (χ0n) is 25.3. The van der Waals surface area contributed by atoms with E-state index in [2.05, 4.69) is 63.8 Å². The first kappa shape index (κ1) is 28.2. The zero-order chi connectivity index (χ0) is 30.2. The predicted molar refractivity (Wildman–Crippen MR) is 173 cm³/mol. The first-order valence-electron chi connectivity index (χ1n) is 15.6. The molecule has 2 fully saturated rings. The van der Waals surface area contributed by atoms with Gasteiger partial charge in [0.15, 0.2) is 11.5 Å². The third kappa shape index (κ3) is 5.35. The van der Waals surface area contributed by atoms with Gasteiger partial charge in [0.05, 0.1) is 24.3 Å². The number of carbonyl (C=O) groups excluding carboxylic acids is 1. The van der Waals surface area contributed by atoms with Crippen molar-refractivity contribution in [3.63, 3.8) is 0 Å². The number of nitrogens with zero attached hydrogens (tertiary/aromatic N) is 5. The van der Waals surface area contributed by atoms with Gasteiger partial charge < -0.3 is 15.4 Å². The lowest BCUT2D eigenvalue weighted by Gasteiger charge is -2.42. The molecule has 0 radical (unpaired) electrons. The normalized spacial score (nSPS) is 19.1. The first-order chi connectivity index (χ1) is 21.5. The van der Waals surface area contributed by atoms with Gasteiger partial charge in [-0.05, 0) is 80.0 Å². The van der Waals surface area contributed by atoms with E-state index in [0.717, 1.165) is 90.4 Å². The summed E-state index contributed by atoms with van der Waals surface area (Å²) in [5.74, 6) is 2.41. The monoisotopic (exact) mass is 586 g/mol. The molecule has 2 aliphatic rings. The molecule has 0 unspecified atom stereocenters. The third-order valence-corrected chi connectivity index (χ3v) is 9.43. The average Bonchev–Trinajstić information content (AvgIpc) is 3.40. The second kappa shape index (κ2) is 11.8. The number of methoxy groups -OCH3 is 1. The standard InChI is InChI=1S/C36H38N6O2/c1-23-19-31-35(40-32(23)26-7-4-3-5-8-26)42(34(39-31)30-9-6-18-38-33(30)37)29-16-14-25(15-17-29)28-21-41(22-28)20-24-10-12-27(13-11-24)36(43)44-2/h3-9,14-19,24,27-28H,10-13,20-22H2,1-2H3,(H2,37,38). The number of likely N-dealkylation sites (tertiary alicyclic amines) is 1. The van der Waals surface area contributed by atoms with Crippen LogP contribution in [0.1, 0.15) is 42.7 Å². The van der Waals surface area contributed by atoms with Gasteiger partial charge in [0.1, 0.15) is 11.3 Å². The lowest BCUT2D eigenvalue weighted by Crippen LogP contribution is -2.47. The van der Waals surface area contributed by atoms with Gasteiger partial charge in [0, 0.05) is 43.0 Å². The van der Waals surface area contributed by atoms with Gasteiger partial charge in [-0.2, -0.15) is 0 Å². The Labute approximate surface area is 257 Å². The van der Waals surface area contributed by atoms with Crippen LogP contribution in [0.2, 0.25) is 0 Å². The van der Waals surface area contributed by atoms with E-state index in [4.69, 9.17) is 20.4 Å². The highest BCUT2D eigenvalue weighted by Gasteiger charge is 2.33. The Kier molecular flexibility index (Phi) is 7.60. The Morgan fingerprint density at radius 3 is 2.41 bits per heavy atom. The van der Waals surface area contributed by atoms with Crippen molar-refractivity contribution in [2.24, 2.45) is 11.8 Å². The highest BCUT2D eigenvalue weighted by molar-refractivity contribution is 5.85. The summed E-state index contributed by atoms with van der Waals surface area (Å²) in [5.41, 5.74) is 14.2. The quantitative estimate of drug-likeness (QED) is 0.220. The molecule has 0 bridgehead atoms. The number of hydrogen-bond acceptors (Lipinski definition) is 7. The van der Waals surface area contributed by atoms with Gasteiger partial charge >= 0.3 is 5.97 Å². The molecule has 224 valence electrons. The fourth-order valence-electron chi connectivity index (χ4n) is 6.96. The van der Waals surface area contributed by atoms with E-state index in [1.165, 1.54) is 12.7 Å². The number of nitrogens with two attached hydrogens (primary N) is 1. The molecule has 8 heteroatoms. The van der Waals surface area contributed by atoms with E-state index < -0.39 is 0 Å². The molecule has 1 aliphatic heterocycles. The van der Waals surface area contributed by atoms with Crippen LogP contribution in [0, 0.1) is 18.8 Å². The van der Waals surface area contributed by atoms with Crippen LogP contribution in [-0.2, 0) is 9.53 Å². The average molecular weight is 587 g/mol. The molecule has 7 rings (SSSR count). The number of nitrogen functional groups attached to an aromatic ring is 1. The topological polar surface area (TPSA) is 99.2 Å². The van der Waals surface area contributed by atoms with Crippen molar-refractivity contribution in [3.05, 3.63) is 90.1 Å². The van der Waals surface area contributed by atoms with Gasteiger partial charge in [-0.25, -0.2) is 15.0 Å². The number of rotatable bonds is 7. The SMILES string of the molecule is COC(=O)C1CCC(CN2CC(c3ccc(-n4c(-c5cccnc5N)nc5cc(C)c(-c6ccccc6)nc54)cc3)C2)CC1. The van der Waals surface area contributed by atoms with E-state index >= 15 is 0 Å². The van der Waals surface area contributed by atoms with Crippen molar-refractivity contribution < 1.29 is 9.53 Å². The van der Waals surface area contributed by atoms with Crippen LogP contribution in [-0.4, -0.2) is 57.1 Å². The van der Waals surface area contributed by atoms with Crippen molar-refractivity contribution in [1.29, 1.82) is 0 Å². The van der Waals surface area contributed by atoms with Crippen molar-refractivity contribution in [2.75, 3.05) is 32.5 Å². The number of ether oxygens (including phenoxy) is 1. The molecule has 8 nitrogen and oxygen atoms in total. The maximum Gasteiger partial charge on any atom is 0.308 e. The molecule has 2 aromatic carbocycles. The van der Waals surface area contributed by atoms with Crippen LogP contribution in [0.15, 0.2) is 79.0 Å². The molecule has 1 saturated carbocycles. The number of aryl methyl sites for hydroxylation is 1. The Morgan fingerprint density at radius 2 is 1.70 bits per heavy atom. The second-order valence-corrected chi connectivity index (χ2v) is 12.3. The Balaban J connectivity index is 1.14. The predicted octanol–water partition coefficient (Wildman–Crippen LogP) is 6.42. The third-order valence-electron chi connectivity index (χ3n) is 9.43. The molecule has 1 aliphatic carbocycles. The van der Waals surface area contributed by atoms with Crippen LogP contribution < -0.4 is 5.73 Å². The molecule has 0 amide bonds. The maximum absolute atomic E-state index is 11.9. The maximum atomic E-state index is 11.9. The van der Waals surface area contributed by atoms with Crippen molar-refractivity contribution in [2.45, 2.75) is 38.5 Å². The minimum atomic E-state index is -0.0434. The summed E-state index contributed by atoms with van der Waals surface area (Å²) < 4.78 is 7.06. The van der Waals surface area contributed by atoms with Crippen LogP contribution in [0.25, 0.3) is 39.5 Å². The number of esters is 1. The van der Waals surface area contributed by atoms with Crippen LogP contribution >= 0.6 is 0 Å². The van der Waals surface area contributed by atoms with Gasteiger partial charge in [-0.3, -0.25) is 9.36 Å². The molecule has 5 aromatic rings. The Hall–Kier alpha value is -4.56. The number of fused-ring (bicyclic) bond motifs is 1. The van der Waals surface area contributed by atoms with Crippen LogP contribution in [0.4, 0.5) is 5.82 Å². The van der Waals surface area contributed by atoms with Gasteiger partial charge in [-0.1, -0.05) is 42.5 Å². The first-order valence-corrected chi connectivity index (χ1v) is 15.6. The number of pyridine rings is 2. The number of benzene rings is 2. The molecule has 44 heavy (non-hydrogen) atoms. The van der Waals surface area contributed by atoms with E-state index in [-0.39, 0.29) is 11.9 Å². The lowest BCUT2D eigenvalue weighted by atomic mass is 9.80. The largest absolute Gasteiger partial charge is 0.469 e. The van der Waals surface area contributed by atoms with Crippen molar-refractivity contribution in [1.82, 2.24) is 24.4 Å². The molecular formula is C36H38N6O2. The minimum Gasteiger partial charge on any atom is -0.469 e. The highest BCUT2D eigenvalue weighted by atomic mass is 16.5. The number of anilines is 1. The summed E-state index contributed by atoms with van der Waals surface area (Å²) in [4.78, 5) is 29.0. The van der Waals surface area contributed by atoms with Crippen molar-refractivity contribution in [3.8, 4) is 28.3 Å². The molecule has 3 aromatic heterocycles. The van der Waals surface area contributed by atoms with E-state index in [9.17, 15) is 4.79 Å². The number of carbonyl (C=O) groups is 1. The fourth-order valence-corrected chi connectivity index (χ4v) is 6.96. The molecule has 4 heterocycles. The van der Waals surface area contributed by atoms with Crippen LogP contribution in [0.3, 0.4) is 0 Å². The second-order valence-electron chi connectivity index (χ2n) is 12.3. The van der Waals surface area contributed by atoms with E-state index in [1.807, 2.05) is 30.3 Å². The van der Waals surface area contributed by atoms with Crippen LogP contribution in [0.5, 0.6) is 0 Å². The molecular weight excluding hydrogens is 548 g/mol. The summed E-state index contributed by atoms with van der Waals surface area (Å²) in [7, 11) is 1.49. The molecule has 1 saturated heterocycles. The lowest BCUT2D eigenvalue weighted by molar-refractivity contribution is -0.146.